The summed E-state index contributed by atoms with van der Waals surface area (Å²) in [6.07, 6.45) is -2.79. The highest BCUT2D eigenvalue weighted by atomic mass is 35.5. The largest absolute Gasteiger partial charge is 0.433 e. The summed E-state index contributed by atoms with van der Waals surface area (Å²) in [5.74, 6) is -0.753. The van der Waals surface area contributed by atoms with Crippen LogP contribution in [-0.2, 0) is 16.0 Å². The van der Waals surface area contributed by atoms with E-state index in [0.717, 1.165) is 31.9 Å². The molecule has 1 aliphatic heterocycles. The number of rotatable bonds is 7. The average molecular weight is 541 g/mol. The Hall–Kier alpha value is -2.75. The number of nitrogens with zero attached hydrogens (tertiary/aromatic N) is 5. The summed E-state index contributed by atoms with van der Waals surface area (Å²) < 4.78 is 65.7. The topological polar surface area (TPSA) is 114 Å². The van der Waals surface area contributed by atoms with Crippen molar-refractivity contribution in [2.45, 2.75) is 48.5 Å². The lowest BCUT2D eigenvalue weighted by atomic mass is 10.1. The van der Waals surface area contributed by atoms with Gasteiger partial charge in [-0.25, -0.2) is 18.4 Å². The number of piperazine rings is 1. The number of aromatic nitrogens is 2. The number of alkyl halides is 3. The Bertz CT molecular complexity index is 1320. The van der Waals surface area contributed by atoms with Crippen molar-refractivity contribution in [1.82, 2.24) is 14.9 Å². The summed E-state index contributed by atoms with van der Waals surface area (Å²) in [6.45, 7) is 4.86. The fourth-order valence-electron chi connectivity index (χ4n) is 4.22. The summed E-state index contributed by atoms with van der Waals surface area (Å²) in [6, 6.07) is 7.40. The standard InChI is InChI=1S/C23H24ClF3N6O2S/c1-14(10-18(29)19-12-21(23(25,26)27)31-22(13-28)30-19)36(34,35)20-5-4-16(11-17(20)24)33-8-6-32(7-9-33)15-2-3-15/h4-5,11-12,14-15,29H,2-3,6-10H2,1H3/t14-/m0/s1. The van der Waals surface area contributed by atoms with Crippen molar-refractivity contribution in [3.8, 4) is 6.07 Å². The third-order valence-corrected chi connectivity index (χ3v) is 9.03. The summed E-state index contributed by atoms with van der Waals surface area (Å²) >= 11 is 6.38. The fraction of sp³-hybridized carbons (Fsp3) is 0.478. The molecule has 1 atom stereocenters. The molecule has 1 saturated heterocycles. The summed E-state index contributed by atoms with van der Waals surface area (Å²) in [5.41, 5.74) is -1.47. The number of benzene rings is 1. The van der Waals surface area contributed by atoms with Gasteiger partial charge in [0, 0.05) is 44.3 Å². The molecule has 2 fully saturated rings. The molecule has 0 radical (unpaired) electrons. The normalized spacial score (nSPS) is 18.1. The SMILES string of the molecule is C[C@@H](CC(=N)c1cc(C(F)(F)F)nc(C#N)n1)S(=O)(=O)c1ccc(N2CCN(C3CC3)CC2)cc1Cl. The first-order valence-electron chi connectivity index (χ1n) is 11.4. The van der Waals surface area contributed by atoms with Crippen LogP contribution >= 0.6 is 11.6 Å². The predicted molar refractivity (Wildman–Crippen MR) is 128 cm³/mol. The van der Waals surface area contributed by atoms with E-state index in [9.17, 15) is 21.6 Å². The monoisotopic (exact) mass is 540 g/mol. The molecule has 1 aromatic heterocycles. The summed E-state index contributed by atoms with van der Waals surface area (Å²) in [5, 5.41) is 16.0. The molecule has 2 heterocycles. The quantitative estimate of drug-likeness (QED) is 0.529. The number of hydrogen-bond donors (Lipinski definition) is 1. The minimum Gasteiger partial charge on any atom is -0.369 e. The van der Waals surface area contributed by atoms with Crippen LogP contribution in [0.2, 0.25) is 5.02 Å². The van der Waals surface area contributed by atoms with E-state index in [4.69, 9.17) is 22.3 Å². The van der Waals surface area contributed by atoms with E-state index in [-0.39, 0.29) is 9.92 Å². The lowest BCUT2D eigenvalue weighted by Crippen LogP contribution is -2.47. The molecule has 4 rings (SSSR count). The molecule has 0 spiro atoms. The van der Waals surface area contributed by atoms with Crippen LogP contribution in [0, 0.1) is 16.7 Å². The zero-order valence-electron chi connectivity index (χ0n) is 19.4. The zero-order chi connectivity index (χ0) is 26.3. The summed E-state index contributed by atoms with van der Waals surface area (Å²) in [7, 11) is -4.02. The molecule has 1 aliphatic carbocycles. The molecule has 0 amide bonds. The minimum absolute atomic E-state index is 0.0451. The Labute approximate surface area is 212 Å². The zero-order valence-corrected chi connectivity index (χ0v) is 21.0. The smallest absolute Gasteiger partial charge is 0.369 e. The van der Waals surface area contributed by atoms with Gasteiger partial charge in [-0.05, 0) is 44.0 Å². The molecule has 2 aromatic rings. The molecule has 2 aliphatic rings. The molecule has 0 bridgehead atoms. The van der Waals surface area contributed by atoms with Gasteiger partial charge < -0.3 is 10.3 Å². The van der Waals surface area contributed by atoms with Crippen LogP contribution in [0.5, 0.6) is 0 Å². The Balaban J connectivity index is 1.48. The number of anilines is 1. The van der Waals surface area contributed by atoms with Crippen LogP contribution < -0.4 is 4.90 Å². The number of nitrogens with one attached hydrogen (secondary N) is 1. The van der Waals surface area contributed by atoms with Crippen LogP contribution in [0.4, 0.5) is 18.9 Å². The molecule has 8 nitrogen and oxygen atoms in total. The summed E-state index contributed by atoms with van der Waals surface area (Å²) in [4.78, 5) is 11.3. The first kappa shape index (κ1) is 26.3. The maximum Gasteiger partial charge on any atom is 0.433 e. The molecular weight excluding hydrogens is 517 g/mol. The van der Waals surface area contributed by atoms with E-state index in [1.54, 1.807) is 12.1 Å². The number of nitriles is 1. The van der Waals surface area contributed by atoms with Gasteiger partial charge in [0.05, 0.1) is 26.6 Å². The van der Waals surface area contributed by atoms with Gasteiger partial charge in [-0.2, -0.15) is 18.4 Å². The number of halogens is 4. The Kier molecular flexibility index (Phi) is 7.28. The number of sulfone groups is 1. The van der Waals surface area contributed by atoms with Crippen LogP contribution in [-0.4, -0.2) is 66.5 Å². The van der Waals surface area contributed by atoms with Crippen LogP contribution in [0.15, 0.2) is 29.2 Å². The van der Waals surface area contributed by atoms with Crippen molar-refractivity contribution in [2.75, 3.05) is 31.1 Å². The van der Waals surface area contributed by atoms with Crippen molar-refractivity contribution in [3.05, 3.63) is 46.5 Å². The minimum atomic E-state index is -4.85. The average Bonchev–Trinajstić information content (AvgIpc) is 3.68. The third kappa shape index (κ3) is 5.63. The van der Waals surface area contributed by atoms with E-state index >= 15 is 0 Å². The number of hydrogen-bond acceptors (Lipinski definition) is 8. The molecule has 0 unspecified atom stereocenters. The van der Waals surface area contributed by atoms with E-state index in [2.05, 4.69) is 19.8 Å². The van der Waals surface area contributed by atoms with Crippen molar-refractivity contribution in [3.63, 3.8) is 0 Å². The van der Waals surface area contributed by atoms with Gasteiger partial charge in [0.1, 0.15) is 11.8 Å². The van der Waals surface area contributed by atoms with Crippen LogP contribution in [0.3, 0.4) is 0 Å². The lowest BCUT2D eigenvalue weighted by Gasteiger charge is -2.36. The Morgan fingerprint density at radius 2 is 1.89 bits per heavy atom. The van der Waals surface area contributed by atoms with Gasteiger partial charge >= 0.3 is 6.18 Å². The second-order valence-electron chi connectivity index (χ2n) is 8.98. The molecule has 36 heavy (non-hydrogen) atoms. The highest BCUT2D eigenvalue weighted by Crippen LogP contribution is 2.33. The maximum absolute atomic E-state index is 13.2. The fourth-order valence-corrected chi connectivity index (χ4v) is 6.12. The van der Waals surface area contributed by atoms with Gasteiger partial charge in [-0.15, -0.1) is 0 Å². The van der Waals surface area contributed by atoms with Crippen LogP contribution in [0.25, 0.3) is 0 Å². The molecular formula is C23H24ClF3N6O2S. The lowest BCUT2D eigenvalue weighted by molar-refractivity contribution is -0.141. The van der Waals surface area contributed by atoms with Gasteiger partial charge in [-0.3, -0.25) is 4.90 Å². The molecule has 1 saturated carbocycles. The highest BCUT2D eigenvalue weighted by Gasteiger charge is 2.35. The van der Waals surface area contributed by atoms with Gasteiger partial charge in [0.15, 0.2) is 9.84 Å². The first-order chi connectivity index (χ1) is 16.9. The second kappa shape index (κ2) is 9.95. The Morgan fingerprint density at radius 1 is 1.22 bits per heavy atom. The van der Waals surface area contributed by atoms with Gasteiger partial charge in [-0.1, -0.05) is 11.6 Å². The van der Waals surface area contributed by atoms with E-state index in [1.165, 1.54) is 31.9 Å². The van der Waals surface area contributed by atoms with Crippen molar-refractivity contribution < 1.29 is 21.6 Å². The van der Waals surface area contributed by atoms with Crippen molar-refractivity contribution in [2.24, 2.45) is 0 Å². The molecule has 1 N–H and O–H groups in total. The van der Waals surface area contributed by atoms with Crippen molar-refractivity contribution in [1.29, 1.82) is 10.7 Å². The van der Waals surface area contributed by atoms with E-state index in [0.29, 0.717) is 12.1 Å². The van der Waals surface area contributed by atoms with Gasteiger partial charge in [0.25, 0.3) is 0 Å². The van der Waals surface area contributed by atoms with E-state index < -0.39 is 50.6 Å². The van der Waals surface area contributed by atoms with E-state index in [1.807, 2.05) is 0 Å². The van der Waals surface area contributed by atoms with Crippen LogP contribution in [0.1, 0.15) is 43.4 Å². The molecule has 192 valence electrons. The molecule has 13 heteroatoms. The predicted octanol–water partition coefficient (Wildman–Crippen LogP) is 3.93. The maximum atomic E-state index is 13.2. The first-order valence-corrected chi connectivity index (χ1v) is 13.3. The molecule has 1 aromatic carbocycles. The third-order valence-electron chi connectivity index (χ3n) is 6.41. The van der Waals surface area contributed by atoms with Crippen molar-refractivity contribution >= 4 is 32.8 Å². The second-order valence-corrected chi connectivity index (χ2v) is 11.7. The van der Waals surface area contributed by atoms with Gasteiger partial charge in [0.2, 0.25) is 5.82 Å². The highest BCUT2D eigenvalue weighted by molar-refractivity contribution is 7.92. The Morgan fingerprint density at radius 3 is 2.44 bits per heavy atom.